The molecule has 3 aromatic carbocycles. The van der Waals surface area contributed by atoms with Crippen LogP contribution in [-0.4, -0.2) is 26.0 Å². The van der Waals surface area contributed by atoms with Crippen LogP contribution >= 0.6 is 0 Å². The third kappa shape index (κ3) is 6.92. The van der Waals surface area contributed by atoms with Crippen LogP contribution in [0.5, 0.6) is 0 Å². The van der Waals surface area contributed by atoms with E-state index in [1.807, 2.05) is 36.4 Å². The molecule has 0 aromatic heterocycles. The van der Waals surface area contributed by atoms with Crippen LogP contribution in [0.2, 0.25) is 0 Å². The summed E-state index contributed by atoms with van der Waals surface area (Å²) in [5.74, 6) is -0.570. The van der Waals surface area contributed by atoms with Crippen molar-refractivity contribution in [3.8, 4) is 0 Å². The third-order valence-corrected chi connectivity index (χ3v) is 6.38. The van der Waals surface area contributed by atoms with Gasteiger partial charge in [-0.25, -0.2) is 8.42 Å². The summed E-state index contributed by atoms with van der Waals surface area (Å²) in [7, 11) is -3.39. The van der Waals surface area contributed by atoms with Gasteiger partial charge in [-0.2, -0.15) is 0 Å². The van der Waals surface area contributed by atoms with E-state index in [1.54, 1.807) is 56.3 Å². The molecule has 3 N–H and O–H groups in total. The molecule has 0 bridgehead atoms. The standard InChI is InChI=1S/C25H27N3O4S/c1-3-33(31,32)28-22-15-14-21(16-18(22)2)26-24(29)17-23(19-10-6-4-7-11-19)27-25(30)20-12-8-5-9-13-20/h4-16,23,28H,3,17H2,1-2H3,(H,26,29)(H,27,30). The highest BCUT2D eigenvalue weighted by Crippen LogP contribution is 2.23. The van der Waals surface area contributed by atoms with Crippen LogP contribution in [0.3, 0.4) is 0 Å². The van der Waals surface area contributed by atoms with E-state index in [1.165, 1.54) is 0 Å². The maximum Gasteiger partial charge on any atom is 0.251 e. The predicted molar refractivity (Wildman–Crippen MR) is 131 cm³/mol. The number of rotatable bonds is 9. The largest absolute Gasteiger partial charge is 0.345 e. The van der Waals surface area contributed by atoms with Crippen molar-refractivity contribution >= 4 is 33.2 Å². The van der Waals surface area contributed by atoms with Crippen molar-refractivity contribution in [2.75, 3.05) is 15.8 Å². The zero-order valence-corrected chi connectivity index (χ0v) is 19.4. The predicted octanol–water partition coefficient (Wildman–Crippen LogP) is 4.26. The van der Waals surface area contributed by atoms with E-state index in [4.69, 9.17) is 0 Å². The van der Waals surface area contributed by atoms with Crippen LogP contribution in [0.15, 0.2) is 78.9 Å². The number of anilines is 2. The molecular formula is C25H27N3O4S. The van der Waals surface area contributed by atoms with Crippen LogP contribution in [0.4, 0.5) is 11.4 Å². The summed E-state index contributed by atoms with van der Waals surface area (Å²) in [5.41, 5.74) is 3.02. The topological polar surface area (TPSA) is 104 Å². The molecule has 33 heavy (non-hydrogen) atoms. The van der Waals surface area contributed by atoms with Crippen molar-refractivity contribution in [2.45, 2.75) is 26.3 Å². The van der Waals surface area contributed by atoms with Crippen LogP contribution in [0, 0.1) is 6.92 Å². The number of carbonyl (C=O) groups excluding carboxylic acids is 2. The van der Waals surface area contributed by atoms with Gasteiger partial charge in [-0.3, -0.25) is 14.3 Å². The van der Waals surface area contributed by atoms with Gasteiger partial charge in [0.05, 0.1) is 23.9 Å². The Labute approximate surface area is 194 Å². The second-order valence-corrected chi connectivity index (χ2v) is 9.60. The first-order valence-electron chi connectivity index (χ1n) is 10.6. The van der Waals surface area contributed by atoms with Crippen molar-refractivity contribution in [2.24, 2.45) is 0 Å². The molecule has 0 aliphatic carbocycles. The quantitative estimate of drug-likeness (QED) is 0.439. The Bertz CT molecular complexity index is 1210. The fourth-order valence-electron chi connectivity index (χ4n) is 3.26. The highest BCUT2D eigenvalue weighted by molar-refractivity contribution is 7.92. The van der Waals surface area contributed by atoms with Gasteiger partial charge in [0, 0.05) is 11.3 Å². The minimum atomic E-state index is -3.39. The zero-order chi connectivity index (χ0) is 23.8. The highest BCUT2D eigenvalue weighted by Gasteiger charge is 2.19. The Morgan fingerprint density at radius 1 is 0.909 bits per heavy atom. The summed E-state index contributed by atoms with van der Waals surface area (Å²) in [4.78, 5) is 25.5. The van der Waals surface area contributed by atoms with Crippen molar-refractivity contribution in [3.05, 3.63) is 95.6 Å². The molecule has 0 aliphatic heterocycles. The molecule has 0 fully saturated rings. The summed E-state index contributed by atoms with van der Waals surface area (Å²) in [5, 5.41) is 5.78. The van der Waals surface area contributed by atoms with Gasteiger partial charge in [0.1, 0.15) is 0 Å². The summed E-state index contributed by atoms with van der Waals surface area (Å²) in [6.45, 7) is 3.32. The van der Waals surface area contributed by atoms with Gasteiger partial charge in [-0.05, 0) is 55.3 Å². The summed E-state index contributed by atoms with van der Waals surface area (Å²) in [6.07, 6.45) is 0.0336. The molecule has 7 nitrogen and oxygen atoms in total. The van der Waals surface area contributed by atoms with E-state index in [-0.39, 0.29) is 24.0 Å². The smallest absolute Gasteiger partial charge is 0.251 e. The van der Waals surface area contributed by atoms with E-state index >= 15 is 0 Å². The molecule has 172 valence electrons. The Morgan fingerprint density at radius 3 is 2.15 bits per heavy atom. The fourth-order valence-corrected chi connectivity index (χ4v) is 3.97. The van der Waals surface area contributed by atoms with Crippen molar-refractivity contribution < 1.29 is 18.0 Å². The molecule has 0 spiro atoms. The molecule has 0 heterocycles. The Hall–Kier alpha value is -3.65. The molecule has 8 heteroatoms. The number of nitrogens with one attached hydrogen (secondary N) is 3. The number of carbonyl (C=O) groups is 2. The highest BCUT2D eigenvalue weighted by atomic mass is 32.2. The number of benzene rings is 3. The molecule has 0 saturated heterocycles. The van der Waals surface area contributed by atoms with Crippen molar-refractivity contribution in [3.63, 3.8) is 0 Å². The molecule has 3 rings (SSSR count). The molecular weight excluding hydrogens is 438 g/mol. The SMILES string of the molecule is CCS(=O)(=O)Nc1ccc(NC(=O)CC(NC(=O)c2ccccc2)c2ccccc2)cc1C. The lowest BCUT2D eigenvalue weighted by Gasteiger charge is -2.19. The summed E-state index contributed by atoms with van der Waals surface area (Å²) >= 11 is 0. The van der Waals surface area contributed by atoms with Gasteiger partial charge in [0.2, 0.25) is 15.9 Å². The monoisotopic (exact) mass is 465 g/mol. The van der Waals surface area contributed by atoms with Gasteiger partial charge < -0.3 is 10.6 Å². The van der Waals surface area contributed by atoms with E-state index < -0.39 is 16.1 Å². The van der Waals surface area contributed by atoms with E-state index in [0.717, 1.165) is 5.56 Å². The zero-order valence-electron chi connectivity index (χ0n) is 18.5. The van der Waals surface area contributed by atoms with Crippen molar-refractivity contribution in [1.82, 2.24) is 5.32 Å². The molecule has 0 saturated carbocycles. The Morgan fingerprint density at radius 2 is 1.55 bits per heavy atom. The van der Waals surface area contributed by atoms with E-state index in [9.17, 15) is 18.0 Å². The first-order chi connectivity index (χ1) is 15.8. The molecule has 0 radical (unpaired) electrons. The van der Waals surface area contributed by atoms with Crippen LogP contribution < -0.4 is 15.4 Å². The second-order valence-electron chi connectivity index (χ2n) is 7.59. The maximum absolute atomic E-state index is 12.8. The number of sulfonamides is 1. The lowest BCUT2D eigenvalue weighted by atomic mass is 10.0. The van der Waals surface area contributed by atoms with Crippen LogP contribution in [-0.2, 0) is 14.8 Å². The summed E-state index contributed by atoms with van der Waals surface area (Å²) < 4.78 is 26.1. The Balaban J connectivity index is 1.72. The van der Waals surface area contributed by atoms with Crippen LogP contribution in [0.1, 0.15) is 40.9 Å². The number of aryl methyl sites for hydroxylation is 1. The first-order valence-corrected chi connectivity index (χ1v) is 12.2. The maximum atomic E-state index is 12.8. The molecule has 1 atom stereocenters. The van der Waals surface area contributed by atoms with Gasteiger partial charge in [-0.1, -0.05) is 48.5 Å². The number of amides is 2. The van der Waals surface area contributed by atoms with Crippen molar-refractivity contribution in [1.29, 1.82) is 0 Å². The van der Waals surface area contributed by atoms with Gasteiger partial charge in [0.15, 0.2) is 0 Å². The van der Waals surface area contributed by atoms with Gasteiger partial charge >= 0.3 is 0 Å². The second kappa shape index (κ2) is 10.8. The fraction of sp³-hybridized carbons (Fsp3) is 0.200. The Kier molecular flexibility index (Phi) is 7.84. The minimum absolute atomic E-state index is 0.0273. The van der Waals surface area contributed by atoms with Gasteiger partial charge in [0.25, 0.3) is 5.91 Å². The molecule has 1 unspecified atom stereocenters. The minimum Gasteiger partial charge on any atom is -0.345 e. The van der Waals surface area contributed by atoms with E-state index in [0.29, 0.717) is 22.5 Å². The molecule has 0 aliphatic rings. The number of hydrogen-bond donors (Lipinski definition) is 3. The normalized spacial score (nSPS) is 11.9. The molecule has 2 amide bonds. The third-order valence-electron chi connectivity index (χ3n) is 5.09. The lowest BCUT2D eigenvalue weighted by molar-refractivity contribution is -0.116. The van der Waals surface area contributed by atoms with E-state index in [2.05, 4.69) is 15.4 Å². The average Bonchev–Trinajstić information content (AvgIpc) is 2.81. The number of hydrogen-bond acceptors (Lipinski definition) is 4. The first kappa shape index (κ1) is 24.0. The lowest BCUT2D eigenvalue weighted by Crippen LogP contribution is -2.31. The van der Waals surface area contributed by atoms with Gasteiger partial charge in [-0.15, -0.1) is 0 Å². The van der Waals surface area contributed by atoms with Crippen LogP contribution in [0.25, 0.3) is 0 Å². The summed E-state index contributed by atoms with van der Waals surface area (Å²) in [6, 6.07) is 22.6. The molecule has 3 aromatic rings. The average molecular weight is 466 g/mol.